The molecular formula is C20H18F3N6O2+. The molecule has 1 aromatic carbocycles. The third-order valence-electron chi connectivity index (χ3n) is 6.01. The SMILES string of the molecule is O=C(Nc1cccc(C(F)(F)F)c1)Nc1c[n+](CC23CC(c4cncnc4)(C2)C3)no1. The quantitative estimate of drug-likeness (QED) is 0.603. The molecule has 3 aliphatic carbocycles. The van der Waals surface area contributed by atoms with Crippen LogP contribution in [-0.4, -0.2) is 21.3 Å². The normalized spacial score (nSPS) is 24.1. The predicted octanol–water partition coefficient (Wildman–Crippen LogP) is 3.54. The molecule has 2 amide bonds. The molecule has 2 aromatic heterocycles. The fraction of sp³-hybridized carbons (Fsp3) is 0.350. The molecule has 0 unspecified atom stereocenters. The van der Waals surface area contributed by atoms with E-state index in [0.29, 0.717) is 6.54 Å². The van der Waals surface area contributed by atoms with Crippen LogP contribution in [0.3, 0.4) is 0 Å². The number of carbonyl (C=O) groups excluding carboxylic acids is 1. The maximum atomic E-state index is 12.8. The molecular weight excluding hydrogens is 413 g/mol. The Morgan fingerprint density at radius 2 is 1.90 bits per heavy atom. The number of halogens is 3. The lowest BCUT2D eigenvalue weighted by molar-refractivity contribution is -0.780. The number of hydrogen-bond donors (Lipinski definition) is 2. The summed E-state index contributed by atoms with van der Waals surface area (Å²) in [7, 11) is 0. The van der Waals surface area contributed by atoms with Gasteiger partial charge in [0.1, 0.15) is 6.33 Å². The van der Waals surface area contributed by atoms with E-state index in [1.807, 2.05) is 12.4 Å². The number of aromatic nitrogens is 4. The van der Waals surface area contributed by atoms with Gasteiger partial charge in [0.2, 0.25) is 5.27 Å². The highest BCUT2D eigenvalue weighted by Gasteiger charge is 2.70. The largest absolute Gasteiger partial charge is 0.416 e. The summed E-state index contributed by atoms with van der Waals surface area (Å²) in [5.41, 5.74) is 0.646. The average molecular weight is 431 g/mol. The molecule has 31 heavy (non-hydrogen) atoms. The third kappa shape index (κ3) is 3.60. The zero-order chi connectivity index (χ0) is 21.7. The van der Waals surface area contributed by atoms with E-state index in [1.165, 1.54) is 18.5 Å². The Labute approximate surface area is 174 Å². The summed E-state index contributed by atoms with van der Waals surface area (Å²) in [6.45, 7) is 0.656. The number of anilines is 2. The van der Waals surface area contributed by atoms with Crippen LogP contribution in [0.1, 0.15) is 30.4 Å². The van der Waals surface area contributed by atoms with Gasteiger partial charge in [-0.1, -0.05) is 6.07 Å². The molecule has 0 atom stereocenters. The fourth-order valence-corrected chi connectivity index (χ4v) is 4.84. The number of rotatable bonds is 5. The first-order valence-corrected chi connectivity index (χ1v) is 9.63. The number of carbonyl (C=O) groups is 1. The Bertz CT molecular complexity index is 1110. The molecule has 3 aromatic rings. The van der Waals surface area contributed by atoms with E-state index >= 15 is 0 Å². The lowest BCUT2D eigenvalue weighted by atomic mass is 9.33. The van der Waals surface area contributed by atoms with Crippen molar-refractivity contribution in [2.24, 2.45) is 5.41 Å². The lowest BCUT2D eigenvalue weighted by Gasteiger charge is -2.68. The molecule has 2 N–H and O–H groups in total. The van der Waals surface area contributed by atoms with Crippen molar-refractivity contribution >= 4 is 17.6 Å². The van der Waals surface area contributed by atoms with Crippen molar-refractivity contribution < 1.29 is 27.2 Å². The zero-order valence-electron chi connectivity index (χ0n) is 16.2. The number of urea groups is 1. The van der Waals surface area contributed by atoms with E-state index in [0.717, 1.165) is 37.0 Å². The van der Waals surface area contributed by atoms with E-state index in [1.54, 1.807) is 10.9 Å². The number of alkyl halides is 3. The van der Waals surface area contributed by atoms with Gasteiger partial charge in [-0.15, -0.1) is 0 Å². The zero-order valence-corrected chi connectivity index (χ0v) is 16.2. The van der Waals surface area contributed by atoms with E-state index in [4.69, 9.17) is 4.52 Å². The second kappa shape index (κ2) is 6.76. The van der Waals surface area contributed by atoms with Crippen molar-refractivity contribution in [1.29, 1.82) is 0 Å². The Kier molecular flexibility index (Phi) is 4.24. The highest BCUT2D eigenvalue weighted by atomic mass is 19.4. The van der Waals surface area contributed by atoms with Crippen LogP contribution in [0.15, 0.2) is 53.7 Å². The van der Waals surface area contributed by atoms with Crippen molar-refractivity contribution in [2.75, 3.05) is 10.6 Å². The van der Waals surface area contributed by atoms with Crippen LogP contribution in [0, 0.1) is 5.41 Å². The molecule has 2 bridgehead atoms. The molecule has 11 heteroatoms. The van der Waals surface area contributed by atoms with Crippen LogP contribution in [0.2, 0.25) is 0 Å². The minimum atomic E-state index is -4.49. The lowest BCUT2D eigenvalue weighted by Crippen LogP contribution is -2.69. The number of benzene rings is 1. The highest BCUT2D eigenvalue weighted by Crippen LogP contribution is 2.73. The van der Waals surface area contributed by atoms with Gasteiger partial charge in [0.25, 0.3) is 6.20 Å². The molecule has 160 valence electrons. The van der Waals surface area contributed by atoms with Gasteiger partial charge in [-0.3, -0.25) is 9.84 Å². The molecule has 0 aliphatic heterocycles. The Morgan fingerprint density at radius 1 is 1.16 bits per heavy atom. The summed E-state index contributed by atoms with van der Waals surface area (Å²) < 4.78 is 45.1. The summed E-state index contributed by atoms with van der Waals surface area (Å²) in [4.78, 5) is 20.3. The van der Waals surface area contributed by atoms with Crippen LogP contribution >= 0.6 is 0 Å². The maximum Gasteiger partial charge on any atom is 0.416 e. The molecule has 3 saturated carbocycles. The van der Waals surface area contributed by atoms with E-state index in [9.17, 15) is 18.0 Å². The second-order valence-corrected chi connectivity index (χ2v) is 8.36. The van der Waals surface area contributed by atoms with Crippen molar-refractivity contribution in [1.82, 2.24) is 15.2 Å². The number of nitrogens with zero attached hydrogens (tertiary/aromatic N) is 4. The van der Waals surface area contributed by atoms with Crippen molar-refractivity contribution in [3.8, 4) is 0 Å². The van der Waals surface area contributed by atoms with Gasteiger partial charge < -0.3 is 5.32 Å². The van der Waals surface area contributed by atoms with Gasteiger partial charge in [-0.2, -0.15) is 13.2 Å². The van der Waals surface area contributed by atoms with Gasteiger partial charge in [0.15, 0.2) is 6.54 Å². The molecule has 6 rings (SSSR count). The van der Waals surface area contributed by atoms with Gasteiger partial charge in [-0.25, -0.2) is 14.8 Å². The smallest absolute Gasteiger partial charge is 0.308 e. The van der Waals surface area contributed by atoms with Crippen molar-refractivity contribution in [3.63, 3.8) is 0 Å². The standard InChI is InChI=1S/C20H17F3N6O2/c21-20(22,23)13-2-1-3-15(4-13)26-17(30)27-16-7-29(28-31-16)11-18-8-19(9-18,10-18)14-5-24-12-25-6-14/h1-7,12H,8-11H2,(H-,26,27,28,30)/p+1. The van der Waals surface area contributed by atoms with Crippen LogP contribution < -0.4 is 15.3 Å². The monoisotopic (exact) mass is 431 g/mol. The molecule has 0 saturated heterocycles. The fourth-order valence-electron chi connectivity index (χ4n) is 4.84. The van der Waals surface area contributed by atoms with E-state index in [2.05, 4.69) is 25.9 Å². The Hall–Kier alpha value is -3.50. The summed E-state index contributed by atoms with van der Waals surface area (Å²) >= 11 is 0. The Morgan fingerprint density at radius 3 is 2.61 bits per heavy atom. The summed E-state index contributed by atoms with van der Waals surface area (Å²) in [5, 5.41) is 8.73. The van der Waals surface area contributed by atoms with Crippen molar-refractivity contribution in [2.45, 2.75) is 37.4 Å². The Balaban J connectivity index is 1.16. The topological polar surface area (TPSA) is 96.8 Å². The molecule has 8 nitrogen and oxygen atoms in total. The van der Waals surface area contributed by atoms with Crippen LogP contribution in [0.4, 0.5) is 29.5 Å². The number of hydrogen-bond acceptors (Lipinski definition) is 5. The van der Waals surface area contributed by atoms with E-state index in [-0.39, 0.29) is 22.4 Å². The van der Waals surface area contributed by atoms with Gasteiger partial charge >= 0.3 is 18.1 Å². The highest BCUT2D eigenvalue weighted by molar-refractivity contribution is 5.98. The third-order valence-corrected chi connectivity index (χ3v) is 6.01. The molecule has 3 aliphatic rings. The van der Waals surface area contributed by atoms with Crippen LogP contribution in [0.5, 0.6) is 0 Å². The summed E-state index contributed by atoms with van der Waals surface area (Å²) in [6, 6.07) is 3.65. The predicted molar refractivity (Wildman–Crippen MR) is 101 cm³/mol. The molecule has 0 spiro atoms. The van der Waals surface area contributed by atoms with Crippen molar-refractivity contribution in [3.05, 3.63) is 60.3 Å². The first-order chi connectivity index (χ1) is 14.8. The minimum Gasteiger partial charge on any atom is -0.308 e. The van der Waals surface area contributed by atoms with E-state index < -0.39 is 17.8 Å². The minimum absolute atomic E-state index is 0.0174. The molecule has 0 radical (unpaired) electrons. The van der Waals surface area contributed by atoms with Crippen LogP contribution in [0.25, 0.3) is 0 Å². The second-order valence-electron chi connectivity index (χ2n) is 8.36. The number of amides is 2. The molecule has 3 fully saturated rings. The van der Waals surface area contributed by atoms with Gasteiger partial charge in [0.05, 0.1) is 5.56 Å². The number of nitrogens with one attached hydrogen (secondary N) is 2. The average Bonchev–Trinajstić information content (AvgIpc) is 3.10. The maximum absolute atomic E-state index is 12.8. The first kappa shape index (κ1) is 19.5. The first-order valence-electron chi connectivity index (χ1n) is 9.63. The van der Waals surface area contributed by atoms with Crippen LogP contribution in [-0.2, 0) is 18.1 Å². The van der Waals surface area contributed by atoms with Gasteiger partial charge in [-0.05, 0) is 47.7 Å². The molecule has 2 heterocycles. The summed E-state index contributed by atoms with van der Waals surface area (Å²) in [5.74, 6) is 0.0993. The van der Waals surface area contributed by atoms with Gasteiger partial charge in [0, 0.05) is 28.9 Å². The summed E-state index contributed by atoms with van der Waals surface area (Å²) in [6.07, 6.45) is 5.38.